The van der Waals surface area contributed by atoms with Crippen LogP contribution in [0.1, 0.15) is 41.3 Å². The number of carbonyl (C=O) groups is 1. The van der Waals surface area contributed by atoms with Crippen molar-refractivity contribution in [2.75, 3.05) is 0 Å². The lowest BCUT2D eigenvalue weighted by Gasteiger charge is -2.07. The zero-order valence-electron chi connectivity index (χ0n) is 12.9. The highest BCUT2D eigenvalue weighted by molar-refractivity contribution is 5.91. The number of aromatic nitrogens is 1. The molecule has 23 heavy (non-hydrogen) atoms. The maximum absolute atomic E-state index is 12.0. The van der Waals surface area contributed by atoms with E-state index in [1.165, 1.54) is 28.3 Å². The van der Waals surface area contributed by atoms with Crippen LogP contribution >= 0.6 is 0 Å². The quantitative estimate of drug-likeness (QED) is 0.801. The average molecular weight is 311 g/mol. The van der Waals surface area contributed by atoms with Crippen LogP contribution in [0.4, 0.5) is 0 Å². The van der Waals surface area contributed by atoms with Crippen LogP contribution in [0.15, 0.2) is 51.7 Å². The lowest BCUT2D eigenvalue weighted by atomic mass is 10.0. The molecule has 118 valence electrons. The Morgan fingerprint density at radius 2 is 1.87 bits per heavy atom. The molecule has 0 aliphatic heterocycles. The number of oxazole rings is 1. The van der Waals surface area contributed by atoms with E-state index >= 15 is 0 Å². The third-order valence-corrected chi connectivity index (χ3v) is 3.90. The van der Waals surface area contributed by atoms with Crippen LogP contribution in [0.5, 0.6) is 0 Å². The minimum Gasteiger partial charge on any atom is -0.478 e. The summed E-state index contributed by atoms with van der Waals surface area (Å²) in [4.78, 5) is 23.2. The van der Waals surface area contributed by atoms with E-state index in [4.69, 9.17) is 9.52 Å². The van der Waals surface area contributed by atoms with Crippen LogP contribution in [0, 0.1) is 0 Å². The number of hydrogen-bond donors (Lipinski definition) is 1. The summed E-state index contributed by atoms with van der Waals surface area (Å²) < 4.78 is 6.63. The van der Waals surface area contributed by atoms with Crippen molar-refractivity contribution in [3.8, 4) is 0 Å². The van der Waals surface area contributed by atoms with E-state index in [1.807, 2.05) is 24.3 Å². The highest BCUT2D eigenvalue weighted by Gasteiger charge is 2.13. The predicted molar refractivity (Wildman–Crippen MR) is 87.1 cm³/mol. The van der Waals surface area contributed by atoms with Gasteiger partial charge in [0.05, 0.1) is 17.6 Å². The molecular weight excluding hydrogens is 294 g/mol. The van der Waals surface area contributed by atoms with Crippen molar-refractivity contribution in [1.29, 1.82) is 0 Å². The molecule has 1 heterocycles. The van der Waals surface area contributed by atoms with Crippen LogP contribution in [0.3, 0.4) is 0 Å². The molecule has 0 spiro atoms. The molecule has 5 nitrogen and oxygen atoms in total. The minimum atomic E-state index is -1.03. The molecule has 1 N–H and O–H groups in total. The van der Waals surface area contributed by atoms with Crippen LogP contribution in [-0.4, -0.2) is 15.6 Å². The van der Waals surface area contributed by atoms with E-state index in [0.29, 0.717) is 23.6 Å². The lowest BCUT2D eigenvalue weighted by Crippen LogP contribution is -2.15. The Balaban J connectivity index is 2.01. The van der Waals surface area contributed by atoms with Crippen molar-refractivity contribution in [3.63, 3.8) is 0 Å². The maximum Gasteiger partial charge on any atom is 0.420 e. The molecule has 0 fully saturated rings. The van der Waals surface area contributed by atoms with Gasteiger partial charge in [0, 0.05) is 0 Å². The Kier molecular flexibility index (Phi) is 3.78. The number of aromatic carboxylic acids is 1. The number of hydrogen-bond acceptors (Lipinski definition) is 3. The summed E-state index contributed by atoms with van der Waals surface area (Å²) >= 11 is 0. The smallest absolute Gasteiger partial charge is 0.420 e. The van der Waals surface area contributed by atoms with Gasteiger partial charge in [-0.3, -0.25) is 4.57 Å². The first-order chi connectivity index (χ1) is 11.0. The van der Waals surface area contributed by atoms with Gasteiger partial charge in [0.15, 0.2) is 5.58 Å². The Morgan fingerprint density at radius 3 is 2.48 bits per heavy atom. The molecule has 0 atom stereocenters. The zero-order chi connectivity index (χ0) is 16.6. The van der Waals surface area contributed by atoms with E-state index in [-0.39, 0.29) is 5.56 Å². The van der Waals surface area contributed by atoms with Crippen LogP contribution < -0.4 is 5.76 Å². The molecule has 0 bridgehead atoms. The standard InChI is InChI=1S/C18H17NO4/c1-11(2)13-5-3-12(4-6-13)10-19-15-9-14(17(20)21)7-8-16(15)23-18(19)22/h3-9,11H,10H2,1-2H3,(H,20,21). The van der Waals surface area contributed by atoms with Gasteiger partial charge in [0.25, 0.3) is 0 Å². The Bertz CT molecular complexity index is 916. The van der Waals surface area contributed by atoms with Gasteiger partial charge in [-0.25, -0.2) is 9.59 Å². The highest BCUT2D eigenvalue weighted by Crippen LogP contribution is 2.18. The summed E-state index contributed by atoms with van der Waals surface area (Å²) in [6.07, 6.45) is 0. The van der Waals surface area contributed by atoms with Gasteiger partial charge in [0.2, 0.25) is 0 Å². The molecule has 0 saturated carbocycles. The normalized spacial score (nSPS) is 11.3. The van der Waals surface area contributed by atoms with Gasteiger partial charge in [0.1, 0.15) is 0 Å². The predicted octanol–water partition coefficient (Wildman–Crippen LogP) is 3.46. The molecule has 0 unspecified atom stereocenters. The number of benzene rings is 2. The van der Waals surface area contributed by atoms with E-state index in [2.05, 4.69) is 13.8 Å². The molecule has 1 aromatic heterocycles. The van der Waals surface area contributed by atoms with Gasteiger partial charge in [-0.2, -0.15) is 0 Å². The molecule has 0 aliphatic carbocycles. The fraction of sp³-hybridized carbons (Fsp3) is 0.222. The van der Waals surface area contributed by atoms with Gasteiger partial charge < -0.3 is 9.52 Å². The number of nitrogens with zero attached hydrogens (tertiary/aromatic N) is 1. The first kappa shape index (κ1) is 15.1. The van der Waals surface area contributed by atoms with Crippen LogP contribution in [0.25, 0.3) is 11.1 Å². The Labute approximate surface area is 132 Å². The van der Waals surface area contributed by atoms with E-state index in [0.717, 1.165) is 5.56 Å². The lowest BCUT2D eigenvalue weighted by molar-refractivity contribution is 0.0697. The number of carboxylic acid groups (broad SMARTS) is 1. The van der Waals surface area contributed by atoms with Gasteiger partial charge in [-0.05, 0) is 35.2 Å². The fourth-order valence-electron chi connectivity index (χ4n) is 2.54. The van der Waals surface area contributed by atoms with E-state index < -0.39 is 11.7 Å². The van der Waals surface area contributed by atoms with E-state index in [9.17, 15) is 9.59 Å². The topological polar surface area (TPSA) is 72.4 Å². The molecule has 5 heteroatoms. The number of fused-ring (bicyclic) bond motifs is 1. The minimum absolute atomic E-state index is 0.127. The molecule has 0 radical (unpaired) electrons. The molecule has 0 amide bonds. The second kappa shape index (κ2) is 5.76. The maximum atomic E-state index is 12.0. The molecule has 0 saturated heterocycles. The molecule has 3 aromatic rings. The molecule has 2 aromatic carbocycles. The zero-order valence-corrected chi connectivity index (χ0v) is 12.9. The summed E-state index contributed by atoms with van der Waals surface area (Å²) in [6.45, 7) is 4.58. The van der Waals surface area contributed by atoms with Gasteiger partial charge >= 0.3 is 11.7 Å². The average Bonchev–Trinajstić information content (AvgIpc) is 2.83. The summed E-state index contributed by atoms with van der Waals surface area (Å²) in [7, 11) is 0. The number of rotatable bonds is 4. The van der Waals surface area contributed by atoms with Crippen LogP contribution in [-0.2, 0) is 6.54 Å². The summed E-state index contributed by atoms with van der Waals surface area (Å²) in [5.41, 5.74) is 3.19. The first-order valence-electron chi connectivity index (χ1n) is 7.41. The first-order valence-corrected chi connectivity index (χ1v) is 7.41. The largest absolute Gasteiger partial charge is 0.478 e. The molecular formula is C18H17NO4. The van der Waals surface area contributed by atoms with Gasteiger partial charge in [-0.15, -0.1) is 0 Å². The van der Waals surface area contributed by atoms with Crippen molar-refractivity contribution < 1.29 is 14.3 Å². The van der Waals surface area contributed by atoms with Crippen molar-refractivity contribution in [2.45, 2.75) is 26.3 Å². The van der Waals surface area contributed by atoms with E-state index in [1.54, 1.807) is 0 Å². The monoisotopic (exact) mass is 311 g/mol. The Hall–Kier alpha value is -2.82. The van der Waals surface area contributed by atoms with Gasteiger partial charge in [-0.1, -0.05) is 38.1 Å². The molecule has 3 rings (SSSR count). The SMILES string of the molecule is CC(C)c1ccc(Cn2c(=O)oc3ccc(C(=O)O)cc32)cc1. The van der Waals surface area contributed by atoms with Crippen molar-refractivity contribution in [1.82, 2.24) is 4.57 Å². The van der Waals surface area contributed by atoms with Crippen LogP contribution in [0.2, 0.25) is 0 Å². The summed E-state index contributed by atoms with van der Waals surface area (Å²) in [5.74, 6) is -1.08. The molecule has 0 aliphatic rings. The summed E-state index contributed by atoms with van der Waals surface area (Å²) in [6, 6.07) is 12.4. The van der Waals surface area contributed by atoms with Crippen molar-refractivity contribution in [2.24, 2.45) is 0 Å². The second-order valence-electron chi connectivity index (χ2n) is 5.84. The van der Waals surface area contributed by atoms with Crippen molar-refractivity contribution >= 4 is 17.1 Å². The number of carboxylic acids is 1. The third kappa shape index (κ3) is 2.90. The fourth-order valence-corrected chi connectivity index (χ4v) is 2.54. The summed E-state index contributed by atoms with van der Waals surface area (Å²) in [5, 5.41) is 9.10. The van der Waals surface area contributed by atoms with Crippen molar-refractivity contribution in [3.05, 3.63) is 69.7 Å². The Morgan fingerprint density at radius 1 is 1.17 bits per heavy atom. The highest BCUT2D eigenvalue weighted by atomic mass is 16.4. The second-order valence-corrected chi connectivity index (χ2v) is 5.84. The third-order valence-electron chi connectivity index (χ3n) is 3.90.